The number of aromatic carboxylic acids is 1. The molecule has 0 radical (unpaired) electrons. The van der Waals surface area contributed by atoms with Crippen LogP contribution in [0.2, 0.25) is 0 Å². The zero-order valence-electron chi connectivity index (χ0n) is 11.2. The van der Waals surface area contributed by atoms with Gasteiger partial charge in [0.1, 0.15) is 0 Å². The van der Waals surface area contributed by atoms with Gasteiger partial charge in [-0.3, -0.25) is 9.78 Å². The fourth-order valence-electron chi connectivity index (χ4n) is 1.76. The maximum atomic E-state index is 11.9. The highest BCUT2D eigenvalue weighted by Gasteiger charge is 2.10. The van der Waals surface area contributed by atoms with Crippen LogP contribution in [0.4, 0.5) is 0 Å². The first kappa shape index (κ1) is 13.7. The molecule has 1 heterocycles. The van der Waals surface area contributed by atoms with Crippen molar-refractivity contribution < 1.29 is 14.7 Å². The lowest BCUT2D eigenvalue weighted by Crippen LogP contribution is -2.21. The molecule has 0 fully saturated rings. The van der Waals surface area contributed by atoms with Gasteiger partial charge < -0.3 is 10.0 Å². The lowest BCUT2D eigenvalue weighted by Gasteiger charge is -2.11. The Morgan fingerprint density at radius 1 is 1.10 bits per heavy atom. The molecule has 0 aliphatic carbocycles. The van der Waals surface area contributed by atoms with Crippen molar-refractivity contribution in [2.45, 2.75) is 0 Å². The number of carbonyl (C=O) groups excluding carboxylic acids is 1. The Kier molecular flexibility index (Phi) is 3.79. The molecule has 0 saturated heterocycles. The van der Waals surface area contributed by atoms with E-state index in [9.17, 15) is 9.59 Å². The fourth-order valence-corrected chi connectivity index (χ4v) is 1.76. The van der Waals surface area contributed by atoms with Crippen molar-refractivity contribution >= 4 is 11.9 Å². The summed E-state index contributed by atoms with van der Waals surface area (Å²) in [5, 5.41) is 8.83. The number of pyridine rings is 1. The number of aromatic nitrogens is 1. The molecule has 0 spiro atoms. The lowest BCUT2D eigenvalue weighted by atomic mass is 10.1. The first-order valence-electron chi connectivity index (χ1n) is 6.00. The molecule has 20 heavy (non-hydrogen) atoms. The number of benzene rings is 1. The van der Waals surface area contributed by atoms with Gasteiger partial charge in [0.15, 0.2) is 0 Å². The van der Waals surface area contributed by atoms with Gasteiger partial charge in [-0.15, -0.1) is 0 Å². The SMILES string of the molecule is CN(C)C(=O)c1cccc(-c2ccc(C(=O)O)cn2)c1. The lowest BCUT2D eigenvalue weighted by molar-refractivity contribution is 0.0696. The van der Waals surface area contributed by atoms with E-state index >= 15 is 0 Å². The molecule has 0 saturated carbocycles. The summed E-state index contributed by atoms with van der Waals surface area (Å²) < 4.78 is 0. The third kappa shape index (κ3) is 2.83. The Hall–Kier alpha value is -2.69. The zero-order chi connectivity index (χ0) is 14.7. The highest BCUT2D eigenvalue weighted by Crippen LogP contribution is 2.19. The third-order valence-electron chi connectivity index (χ3n) is 2.82. The van der Waals surface area contributed by atoms with Gasteiger partial charge in [-0.1, -0.05) is 12.1 Å². The number of hydrogen-bond acceptors (Lipinski definition) is 3. The standard InChI is InChI=1S/C15H14N2O3/c1-17(2)14(18)11-5-3-4-10(8-11)13-7-6-12(9-16-13)15(19)20/h3-9H,1-2H3,(H,19,20). The smallest absolute Gasteiger partial charge is 0.337 e. The maximum absolute atomic E-state index is 11.9. The Morgan fingerprint density at radius 2 is 1.85 bits per heavy atom. The largest absolute Gasteiger partial charge is 0.478 e. The van der Waals surface area contributed by atoms with Crippen molar-refractivity contribution in [1.82, 2.24) is 9.88 Å². The molecular formula is C15H14N2O3. The minimum Gasteiger partial charge on any atom is -0.478 e. The minimum atomic E-state index is -1.01. The van der Waals surface area contributed by atoms with E-state index in [1.165, 1.54) is 17.2 Å². The molecule has 0 bridgehead atoms. The molecule has 102 valence electrons. The summed E-state index contributed by atoms with van der Waals surface area (Å²) in [7, 11) is 3.38. The van der Waals surface area contributed by atoms with Crippen LogP contribution in [0.1, 0.15) is 20.7 Å². The monoisotopic (exact) mass is 270 g/mol. The van der Waals surface area contributed by atoms with Crippen molar-refractivity contribution in [2.24, 2.45) is 0 Å². The summed E-state index contributed by atoms with van der Waals surface area (Å²) in [5.74, 6) is -1.10. The van der Waals surface area contributed by atoms with Crippen molar-refractivity contribution in [1.29, 1.82) is 0 Å². The average Bonchev–Trinajstić information content (AvgIpc) is 2.46. The van der Waals surface area contributed by atoms with Crippen LogP contribution in [0, 0.1) is 0 Å². The predicted octanol–water partition coefficient (Wildman–Crippen LogP) is 2.15. The maximum Gasteiger partial charge on any atom is 0.337 e. The minimum absolute atomic E-state index is 0.0889. The van der Waals surface area contributed by atoms with Crippen LogP contribution in [0.5, 0.6) is 0 Å². The van der Waals surface area contributed by atoms with Crippen molar-refractivity contribution in [3.05, 3.63) is 53.7 Å². The summed E-state index contributed by atoms with van der Waals surface area (Å²) in [5.41, 5.74) is 2.10. The van der Waals surface area contributed by atoms with E-state index in [1.54, 1.807) is 38.4 Å². The summed E-state index contributed by atoms with van der Waals surface area (Å²) in [6.07, 6.45) is 1.30. The summed E-state index contributed by atoms with van der Waals surface area (Å²) >= 11 is 0. The van der Waals surface area contributed by atoms with Crippen LogP contribution < -0.4 is 0 Å². The highest BCUT2D eigenvalue weighted by atomic mass is 16.4. The Balaban J connectivity index is 2.36. The van der Waals surface area contributed by atoms with Crippen molar-refractivity contribution in [3.8, 4) is 11.3 Å². The summed E-state index contributed by atoms with van der Waals surface area (Å²) in [6.45, 7) is 0. The van der Waals surface area contributed by atoms with E-state index in [1.807, 2.05) is 6.07 Å². The molecule has 1 aromatic heterocycles. The molecule has 0 unspecified atom stereocenters. The zero-order valence-corrected chi connectivity index (χ0v) is 11.2. The third-order valence-corrected chi connectivity index (χ3v) is 2.82. The quantitative estimate of drug-likeness (QED) is 0.927. The van der Waals surface area contributed by atoms with Gasteiger partial charge in [0.2, 0.25) is 0 Å². The van der Waals surface area contributed by atoms with Gasteiger partial charge in [0.25, 0.3) is 5.91 Å². The average molecular weight is 270 g/mol. The molecule has 0 atom stereocenters. The summed E-state index contributed by atoms with van der Waals surface area (Å²) in [6, 6.07) is 10.2. The summed E-state index contributed by atoms with van der Waals surface area (Å²) in [4.78, 5) is 28.3. The highest BCUT2D eigenvalue weighted by molar-refractivity contribution is 5.95. The fraction of sp³-hybridized carbons (Fsp3) is 0.133. The number of carboxylic acid groups (broad SMARTS) is 1. The number of carboxylic acids is 1. The topological polar surface area (TPSA) is 70.5 Å². The van der Waals surface area contributed by atoms with Crippen LogP contribution >= 0.6 is 0 Å². The van der Waals surface area contributed by atoms with Crippen LogP contribution in [-0.2, 0) is 0 Å². The van der Waals surface area contributed by atoms with Crippen molar-refractivity contribution in [2.75, 3.05) is 14.1 Å². The van der Waals surface area contributed by atoms with Gasteiger partial charge in [0, 0.05) is 31.4 Å². The number of nitrogens with zero attached hydrogens (tertiary/aromatic N) is 2. The molecule has 1 amide bonds. The first-order valence-corrected chi connectivity index (χ1v) is 6.00. The molecule has 0 aliphatic heterocycles. The van der Waals surface area contributed by atoms with E-state index < -0.39 is 5.97 Å². The van der Waals surface area contributed by atoms with Gasteiger partial charge in [0.05, 0.1) is 11.3 Å². The Labute approximate surface area is 116 Å². The molecule has 5 heteroatoms. The second-order valence-corrected chi connectivity index (χ2v) is 4.52. The number of rotatable bonds is 3. The number of carbonyl (C=O) groups is 2. The predicted molar refractivity (Wildman–Crippen MR) is 74.6 cm³/mol. The van der Waals surface area contributed by atoms with Gasteiger partial charge >= 0.3 is 5.97 Å². The van der Waals surface area contributed by atoms with Crippen LogP contribution in [0.15, 0.2) is 42.6 Å². The second kappa shape index (κ2) is 5.52. The number of amides is 1. The molecule has 0 aliphatic rings. The normalized spacial score (nSPS) is 10.1. The van der Waals surface area contributed by atoms with E-state index in [4.69, 9.17) is 5.11 Å². The molecule has 1 N–H and O–H groups in total. The molecule has 2 aromatic rings. The molecule has 1 aromatic carbocycles. The number of hydrogen-bond donors (Lipinski definition) is 1. The Bertz CT molecular complexity index is 648. The molecule has 5 nitrogen and oxygen atoms in total. The Morgan fingerprint density at radius 3 is 2.40 bits per heavy atom. The van der Waals surface area contributed by atoms with E-state index in [2.05, 4.69) is 4.98 Å². The van der Waals surface area contributed by atoms with Crippen LogP contribution in [-0.4, -0.2) is 41.0 Å². The van der Waals surface area contributed by atoms with E-state index in [0.717, 1.165) is 5.56 Å². The van der Waals surface area contributed by atoms with Gasteiger partial charge in [-0.25, -0.2) is 4.79 Å². The first-order chi connectivity index (χ1) is 9.49. The van der Waals surface area contributed by atoms with Crippen LogP contribution in [0.25, 0.3) is 11.3 Å². The second-order valence-electron chi connectivity index (χ2n) is 4.52. The van der Waals surface area contributed by atoms with E-state index in [0.29, 0.717) is 11.3 Å². The van der Waals surface area contributed by atoms with Crippen LogP contribution in [0.3, 0.4) is 0 Å². The van der Waals surface area contributed by atoms with Gasteiger partial charge in [-0.2, -0.15) is 0 Å². The van der Waals surface area contributed by atoms with Gasteiger partial charge in [-0.05, 0) is 24.3 Å². The molecule has 2 rings (SSSR count). The van der Waals surface area contributed by atoms with E-state index in [-0.39, 0.29) is 11.5 Å². The molecular weight excluding hydrogens is 256 g/mol. The van der Waals surface area contributed by atoms with Crippen molar-refractivity contribution in [3.63, 3.8) is 0 Å².